The molecule has 1 unspecified atom stereocenters. The maximum absolute atomic E-state index is 14.9. The number of alkyl halides is 3. The van der Waals surface area contributed by atoms with Crippen molar-refractivity contribution in [2.45, 2.75) is 66.1 Å². The molecule has 0 aliphatic carbocycles. The topological polar surface area (TPSA) is 3.24 Å². The van der Waals surface area contributed by atoms with Crippen LogP contribution in [0, 0.1) is 10.8 Å². The van der Waals surface area contributed by atoms with Gasteiger partial charge in [0.1, 0.15) is 0 Å². The van der Waals surface area contributed by atoms with E-state index >= 15 is 0 Å². The molecule has 2 aromatic carbocycles. The van der Waals surface area contributed by atoms with Crippen molar-refractivity contribution in [3.63, 3.8) is 0 Å². The summed E-state index contributed by atoms with van der Waals surface area (Å²) in [5.74, 6) is 0. The first-order valence-corrected chi connectivity index (χ1v) is 12.0. The molecule has 0 saturated heterocycles. The van der Waals surface area contributed by atoms with Crippen LogP contribution in [0.3, 0.4) is 0 Å². The molecule has 0 amide bonds. The summed E-state index contributed by atoms with van der Waals surface area (Å²) < 4.78 is 54.5. The Morgan fingerprint density at radius 3 is 2.03 bits per heavy atom. The Bertz CT molecular complexity index is 1020. The van der Waals surface area contributed by atoms with Crippen molar-refractivity contribution in [3.8, 4) is 0 Å². The Kier molecular flexibility index (Phi) is 7.69. The van der Waals surface area contributed by atoms with Crippen molar-refractivity contribution < 1.29 is 17.5 Å². The van der Waals surface area contributed by atoms with Crippen LogP contribution >= 0.6 is 0 Å². The lowest BCUT2D eigenvalue weighted by molar-refractivity contribution is -0.137. The van der Waals surface area contributed by atoms with E-state index < -0.39 is 19.4 Å². The summed E-state index contributed by atoms with van der Waals surface area (Å²) in [4.78, 5) is 1.78. The van der Waals surface area contributed by atoms with Crippen molar-refractivity contribution in [1.82, 2.24) is 4.81 Å². The van der Waals surface area contributed by atoms with Gasteiger partial charge in [-0.15, -0.1) is 0 Å². The van der Waals surface area contributed by atoms with Gasteiger partial charge in [0, 0.05) is 17.2 Å². The first-order chi connectivity index (χ1) is 16.0. The third-order valence-corrected chi connectivity index (χ3v) is 7.31. The van der Waals surface area contributed by atoms with E-state index in [0.29, 0.717) is 17.7 Å². The van der Waals surface area contributed by atoms with Crippen LogP contribution in [0.1, 0.15) is 70.6 Å². The molecule has 34 heavy (non-hydrogen) atoms. The summed E-state index contributed by atoms with van der Waals surface area (Å²) in [6.07, 6.45) is 2.30. The summed E-state index contributed by atoms with van der Waals surface area (Å²) in [6.45, 7) is 10.8. The molecule has 3 rings (SSSR count). The normalized spacial score (nSPS) is 19.1. The van der Waals surface area contributed by atoms with Gasteiger partial charge < -0.3 is 9.13 Å². The molecule has 1 aliphatic rings. The number of hydrogen-bond donors (Lipinski definition) is 0. The Morgan fingerprint density at radius 2 is 1.56 bits per heavy atom. The zero-order chi connectivity index (χ0) is 25.1. The number of rotatable bonds is 7. The highest BCUT2D eigenvalue weighted by molar-refractivity contribution is 6.27. The van der Waals surface area contributed by atoms with Gasteiger partial charge in [-0.25, -0.2) is 0 Å². The zero-order valence-corrected chi connectivity index (χ0v) is 20.7. The van der Waals surface area contributed by atoms with Crippen molar-refractivity contribution in [1.29, 1.82) is 0 Å². The fourth-order valence-electron chi connectivity index (χ4n) is 5.46. The third-order valence-electron chi connectivity index (χ3n) is 7.31. The van der Waals surface area contributed by atoms with Gasteiger partial charge in [-0.1, -0.05) is 89.2 Å². The van der Waals surface area contributed by atoms with E-state index in [1.165, 1.54) is 12.1 Å². The van der Waals surface area contributed by atoms with E-state index in [1.807, 2.05) is 30.3 Å². The highest BCUT2D eigenvalue weighted by Crippen LogP contribution is 2.55. The van der Waals surface area contributed by atoms with Crippen molar-refractivity contribution in [2.75, 3.05) is 0 Å². The minimum atomic E-state index is -4.41. The van der Waals surface area contributed by atoms with Crippen LogP contribution in [0.2, 0.25) is 0 Å². The average Bonchev–Trinajstić information content (AvgIpc) is 3.19. The first-order valence-electron chi connectivity index (χ1n) is 12.0. The molecule has 0 aromatic heterocycles. The van der Waals surface area contributed by atoms with Crippen LogP contribution in [0.5, 0.6) is 0 Å². The Labute approximate surface area is 201 Å². The summed E-state index contributed by atoms with van der Waals surface area (Å²) in [5.41, 5.74) is 2.02. The largest absolute Gasteiger partial charge is 0.444 e. The quantitative estimate of drug-likeness (QED) is 0.223. The maximum Gasteiger partial charge on any atom is 0.444 e. The average molecular weight is 471 g/mol. The van der Waals surface area contributed by atoms with Gasteiger partial charge >= 0.3 is 13.9 Å². The maximum atomic E-state index is 14.9. The van der Waals surface area contributed by atoms with Gasteiger partial charge in [0.25, 0.3) is 0 Å². The second-order valence-corrected chi connectivity index (χ2v) is 10.0. The number of nitrogens with zero attached hydrogens (tertiary/aromatic N) is 1. The van der Waals surface area contributed by atoms with Gasteiger partial charge in [0.2, 0.25) is 0 Å². The zero-order valence-electron chi connectivity index (χ0n) is 20.7. The van der Waals surface area contributed by atoms with Crippen molar-refractivity contribution >= 4 is 19.0 Å². The van der Waals surface area contributed by atoms with Gasteiger partial charge in [0.05, 0.1) is 5.56 Å². The van der Waals surface area contributed by atoms with Crippen LogP contribution in [-0.2, 0) is 6.18 Å². The lowest BCUT2D eigenvalue weighted by Gasteiger charge is -2.50. The summed E-state index contributed by atoms with van der Waals surface area (Å²) in [5, 5.41) is 0. The minimum absolute atomic E-state index is 0.164. The van der Waals surface area contributed by atoms with E-state index in [9.17, 15) is 17.5 Å². The van der Waals surface area contributed by atoms with E-state index in [4.69, 9.17) is 0 Å². The number of benzene rings is 2. The molecule has 1 aliphatic heterocycles. The number of allylic oxidation sites excluding steroid dienone is 1. The van der Waals surface area contributed by atoms with E-state index in [1.54, 1.807) is 4.81 Å². The van der Waals surface area contributed by atoms with Crippen LogP contribution in [0.25, 0.3) is 11.3 Å². The highest BCUT2D eigenvalue weighted by atomic mass is 19.4. The molecule has 2 aromatic rings. The fraction of sp³-hybridized carbons (Fsp3) is 0.429. The monoisotopic (exact) mass is 471 g/mol. The Hall–Kier alpha value is -2.50. The summed E-state index contributed by atoms with van der Waals surface area (Å²) in [7, 11) is -0.713. The molecule has 0 N–H and O–H groups in total. The molecule has 1 heterocycles. The molecule has 182 valence electrons. The minimum Gasteiger partial charge on any atom is -0.385 e. The lowest BCUT2D eigenvalue weighted by Crippen LogP contribution is -2.51. The molecule has 0 fully saturated rings. The molecule has 0 spiro atoms. The lowest BCUT2D eigenvalue weighted by atomic mass is 9.59. The van der Waals surface area contributed by atoms with Crippen LogP contribution in [-0.4, -0.2) is 18.5 Å². The molecular formula is C28H34BF4N. The summed E-state index contributed by atoms with van der Waals surface area (Å²) >= 11 is 0. The first kappa shape index (κ1) is 26.1. The third kappa shape index (κ3) is 4.82. The molecule has 0 bridgehead atoms. The Morgan fingerprint density at radius 1 is 0.941 bits per heavy atom. The van der Waals surface area contributed by atoms with Crippen LogP contribution in [0.15, 0.2) is 66.7 Å². The molecular weight excluding hydrogens is 437 g/mol. The van der Waals surface area contributed by atoms with Gasteiger partial charge in [0.15, 0.2) is 0 Å². The highest BCUT2D eigenvalue weighted by Gasteiger charge is 2.50. The molecule has 6 heteroatoms. The standard InChI is InChI=1S/C28H34BF4N/c1-6-8-18-27(7-2,26(3,4)5)24-19-23(20-12-10-9-11-13-20)25(34(24)29-33)21-14-16-22(17-15-21)28(30,31)32/h8-18,24,29H,6-7,19H2,1-5H3/b18-8-/t24-,27?/m0/s1. The van der Waals surface area contributed by atoms with Crippen molar-refractivity contribution in [2.24, 2.45) is 10.8 Å². The van der Waals surface area contributed by atoms with Crippen LogP contribution < -0.4 is 0 Å². The van der Waals surface area contributed by atoms with E-state index in [0.717, 1.165) is 36.1 Å². The smallest absolute Gasteiger partial charge is 0.385 e. The number of halogens is 4. The fourth-order valence-corrected chi connectivity index (χ4v) is 5.46. The molecule has 1 nitrogen and oxygen atoms in total. The second-order valence-electron chi connectivity index (χ2n) is 10.0. The van der Waals surface area contributed by atoms with Crippen LogP contribution in [0.4, 0.5) is 17.5 Å². The van der Waals surface area contributed by atoms with Gasteiger partial charge in [-0.3, -0.25) is 0 Å². The number of hydrogen-bond acceptors (Lipinski definition) is 1. The second kappa shape index (κ2) is 10.0. The van der Waals surface area contributed by atoms with Gasteiger partial charge in [-0.05, 0) is 53.5 Å². The molecule has 2 atom stereocenters. The SMILES string of the molecule is CC/C=C\C(CC)([C@@H]1CC(c2ccccc2)=C(c2ccc(C(F)(F)F)cc2)N1BF)C(C)(C)C. The molecule has 0 saturated carbocycles. The summed E-state index contributed by atoms with van der Waals surface area (Å²) in [6, 6.07) is 14.7. The Balaban J connectivity index is 2.22. The van der Waals surface area contributed by atoms with Crippen molar-refractivity contribution in [3.05, 3.63) is 83.4 Å². The predicted octanol–water partition coefficient (Wildman–Crippen LogP) is 8.29. The van der Waals surface area contributed by atoms with Gasteiger partial charge in [-0.2, -0.15) is 13.2 Å². The molecule has 0 radical (unpaired) electrons. The van der Waals surface area contributed by atoms with E-state index in [2.05, 4.69) is 46.8 Å². The van der Waals surface area contributed by atoms with E-state index in [-0.39, 0.29) is 16.9 Å². The predicted molar refractivity (Wildman–Crippen MR) is 135 cm³/mol.